The highest BCUT2D eigenvalue weighted by Crippen LogP contribution is 2.09. The number of rotatable bonds is 3. The van der Waals surface area contributed by atoms with Crippen molar-refractivity contribution in [1.29, 1.82) is 0 Å². The summed E-state index contributed by atoms with van der Waals surface area (Å²) in [5, 5.41) is 0. The summed E-state index contributed by atoms with van der Waals surface area (Å²) < 4.78 is 4.55. The van der Waals surface area contributed by atoms with Crippen LogP contribution in [0.2, 0.25) is 0 Å². The third-order valence-corrected chi connectivity index (χ3v) is 1.69. The quantitative estimate of drug-likeness (QED) is 0.650. The lowest BCUT2D eigenvalue weighted by Crippen LogP contribution is -2.05. The predicted octanol–water partition coefficient (Wildman–Crippen LogP) is 1.13. The smallest absolute Gasteiger partial charge is 0.338 e. The van der Waals surface area contributed by atoms with E-state index in [2.05, 4.69) is 4.74 Å². The minimum atomic E-state index is -0.425. The second kappa shape index (κ2) is 4.40. The standard InChI is InChI=1S/C10H9O3/c1-13-10(12)9-5-3-2-4-8(9)6-7-11/h2-5H,6H2,1H3. The second-order valence-electron chi connectivity index (χ2n) is 2.47. The zero-order valence-corrected chi connectivity index (χ0v) is 7.24. The minimum absolute atomic E-state index is 0.116. The van der Waals surface area contributed by atoms with Crippen molar-refractivity contribution in [1.82, 2.24) is 0 Å². The monoisotopic (exact) mass is 177 g/mol. The van der Waals surface area contributed by atoms with Crippen molar-refractivity contribution in [3.63, 3.8) is 0 Å². The first-order valence-corrected chi connectivity index (χ1v) is 3.81. The van der Waals surface area contributed by atoms with Crippen LogP contribution in [-0.4, -0.2) is 19.4 Å². The van der Waals surface area contributed by atoms with Crippen LogP contribution >= 0.6 is 0 Å². The molecule has 0 heterocycles. The van der Waals surface area contributed by atoms with E-state index in [9.17, 15) is 9.59 Å². The normalized spacial score (nSPS) is 9.31. The first kappa shape index (κ1) is 9.45. The highest BCUT2D eigenvalue weighted by Gasteiger charge is 2.09. The number of carbonyl (C=O) groups is 1. The Morgan fingerprint density at radius 2 is 2.15 bits per heavy atom. The summed E-state index contributed by atoms with van der Waals surface area (Å²) in [4.78, 5) is 21.3. The molecule has 0 aromatic heterocycles. The van der Waals surface area contributed by atoms with Crippen molar-refractivity contribution >= 4 is 12.3 Å². The number of esters is 1. The third kappa shape index (κ3) is 2.15. The van der Waals surface area contributed by atoms with Gasteiger partial charge in [0.2, 0.25) is 6.29 Å². The Labute approximate surface area is 76.3 Å². The number of hydrogen-bond acceptors (Lipinski definition) is 3. The molecule has 3 heteroatoms. The van der Waals surface area contributed by atoms with E-state index in [1.54, 1.807) is 30.6 Å². The maximum atomic E-state index is 11.2. The van der Waals surface area contributed by atoms with E-state index < -0.39 is 5.97 Å². The molecule has 0 atom stereocenters. The Morgan fingerprint density at radius 3 is 2.77 bits per heavy atom. The highest BCUT2D eigenvalue weighted by atomic mass is 16.5. The van der Waals surface area contributed by atoms with Gasteiger partial charge in [-0.25, -0.2) is 4.79 Å². The molecule has 67 valence electrons. The summed E-state index contributed by atoms with van der Waals surface area (Å²) in [6, 6.07) is 6.81. The maximum absolute atomic E-state index is 11.2. The van der Waals surface area contributed by atoms with Gasteiger partial charge in [-0.3, -0.25) is 4.79 Å². The molecule has 1 aromatic carbocycles. The van der Waals surface area contributed by atoms with E-state index in [1.807, 2.05) is 0 Å². The Hall–Kier alpha value is -1.64. The molecule has 0 aliphatic heterocycles. The first-order valence-electron chi connectivity index (χ1n) is 3.81. The molecule has 0 saturated heterocycles. The van der Waals surface area contributed by atoms with Gasteiger partial charge in [0.05, 0.1) is 12.7 Å². The van der Waals surface area contributed by atoms with Gasteiger partial charge < -0.3 is 4.74 Å². The van der Waals surface area contributed by atoms with Crippen LogP contribution in [0.1, 0.15) is 15.9 Å². The van der Waals surface area contributed by atoms with Gasteiger partial charge in [0.25, 0.3) is 0 Å². The van der Waals surface area contributed by atoms with Crippen molar-refractivity contribution in [2.75, 3.05) is 7.11 Å². The topological polar surface area (TPSA) is 43.4 Å². The average molecular weight is 177 g/mol. The summed E-state index contributed by atoms with van der Waals surface area (Å²) in [5.41, 5.74) is 1.07. The molecule has 13 heavy (non-hydrogen) atoms. The van der Waals surface area contributed by atoms with Crippen LogP contribution in [0.15, 0.2) is 24.3 Å². The highest BCUT2D eigenvalue weighted by molar-refractivity contribution is 5.91. The van der Waals surface area contributed by atoms with Crippen LogP contribution in [0.5, 0.6) is 0 Å². The Kier molecular flexibility index (Phi) is 3.20. The van der Waals surface area contributed by atoms with Crippen molar-refractivity contribution in [3.05, 3.63) is 35.4 Å². The zero-order valence-electron chi connectivity index (χ0n) is 7.24. The van der Waals surface area contributed by atoms with Gasteiger partial charge in [0, 0.05) is 6.42 Å². The molecular weight excluding hydrogens is 168 g/mol. The lowest BCUT2D eigenvalue weighted by molar-refractivity contribution is 0.0600. The van der Waals surface area contributed by atoms with E-state index in [0.29, 0.717) is 11.1 Å². The summed E-state index contributed by atoms with van der Waals surface area (Å²) in [6.07, 6.45) is 1.86. The number of benzene rings is 1. The van der Waals surface area contributed by atoms with Gasteiger partial charge >= 0.3 is 5.97 Å². The van der Waals surface area contributed by atoms with Crippen LogP contribution < -0.4 is 0 Å². The lowest BCUT2D eigenvalue weighted by Gasteiger charge is -2.03. The number of hydrogen-bond donors (Lipinski definition) is 0. The molecule has 1 radical (unpaired) electrons. The van der Waals surface area contributed by atoms with Gasteiger partial charge in [-0.2, -0.15) is 0 Å². The molecule has 0 unspecified atom stereocenters. The van der Waals surface area contributed by atoms with Gasteiger partial charge in [-0.05, 0) is 11.6 Å². The average Bonchev–Trinajstić information content (AvgIpc) is 2.18. The minimum Gasteiger partial charge on any atom is -0.465 e. The van der Waals surface area contributed by atoms with Gasteiger partial charge in [0.15, 0.2) is 0 Å². The van der Waals surface area contributed by atoms with E-state index in [0.717, 1.165) is 0 Å². The fourth-order valence-electron chi connectivity index (χ4n) is 1.06. The van der Waals surface area contributed by atoms with Crippen LogP contribution in [0.4, 0.5) is 0 Å². The molecule has 0 fully saturated rings. The van der Waals surface area contributed by atoms with Crippen LogP contribution in [0.25, 0.3) is 0 Å². The molecule has 0 bridgehead atoms. The molecule has 0 spiro atoms. The fraction of sp³-hybridized carbons (Fsp3) is 0.200. The molecule has 0 saturated carbocycles. The van der Waals surface area contributed by atoms with E-state index >= 15 is 0 Å². The number of ether oxygens (including phenoxy) is 1. The first-order chi connectivity index (χ1) is 6.29. The summed E-state index contributed by atoms with van der Waals surface area (Å²) in [6.45, 7) is 0. The van der Waals surface area contributed by atoms with Crippen LogP contribution in [0, 0.1) is 0 Å². The lowest BCUT2D eigenvalue weighted by atomic mass is 10.1. The second-order valence-corrected chi connectivity index (χ2v) is 2.47. The molecule has 0 aliphatic rings. The third-order valence-electron chi connectivity index (χ3n) is 1.69. The summed E-state index contributed by atoms with van der Waals surface area (Å²) in [5.74, 6) is -0.425. The number of carbonyl (C=O) groups excluding carboxylic acids is 2. The zero-order chi connectivity index (χ0) is 9.68. The van der Waals surface area contributed by atoms with Gasteiger partial charge in [-0.1, -0.05) is 18.2 Å². The summed E-state index contributed by atoms with van der Waals surface area (Å²) >= 11 is 0. The van der Waals surface area contributed by atoms with E-state index in [4.69, 9.17) is 0 Å². The van der Waals surface area contributed by atoms with E-state index in [-0.39, 0.29) is 6.42 Å². The summed E-state index contributed by atoms with van der Waals surface area (Å²) in [7, 11) is 1.31. The van der Waals surface area contributed by atoms with Crippen molar-refractivity contribution in [2.45, 2.75) is 6.42 Å². The Balaban J connectivity index is 3.03. The van der Waals surface area contributed by atoms with Gasteiger partial charge in [-0.15, -0.1) is 0 Å². The molecule has 3 nitrogen and oxygen atoms in total. The maximum Gasteiger partial charge on any atom is 0.338 e. The van der Waals surface area contributed by atoms with Gasteiger partial charge in [0.1, 0.15) is 0 Å². The van der Waals surface area contributed by atoms with Crippen molar-refractivity contribution < 1.29 is 14.3 Å². The molecule has 0 aliphatic carbocycles. The SMILES string of the molecule is COC(=O)c1ccccc1C[C]=O. The van der Waals surface area contributed by atoms with Crippen molar-refractivity contribution in [3.8, 4) is 0 Å². The van der Waals surface area contributed by atoms with E-state index in [1.165, 1.54) is 7.11 Å². The molecular formula is C10H9O3. The fourth-order valence-corrected chi connectivity index (χ4v) is 1.06. The molecule has 1 aromatic rings. The Bertz CT molecular complexity index is 318. The predicted molar refractivity (Wildman–Crippen MR) is 47.2 cm³/mol. The van der Waals surface area contributed by atoms with Crippen molar-refractivity contribution in [2.24, 2.45) is 0 Å². The molecule has 0 N–H and O–H groups in total. The van der Waals surface area contributed by atoms with Crippen LogP contribution in [0.3, 0.4) is 0 Å². The molecule has 0 amide bonds. The largest absolute Gasteiger partial charge is 0.465 e. The molecule has 1 rings (SSSR count). The Morgan fingerprint density at radius 1 is 1.46 bits per heavy atom. The number of methoxy groups -OCH3 is 1. The van der Waals surface area contributed by atoms with Crippen LogP contribution in [-0.2, 0) is 16.0 Å².